The molecule has 0 aliphatic carbocycles. The fraction of sp³-hybridized carbons (Fsp3) is 0.188. The molecule has 136 valence electrons. The summed E-state index contributed by atoms with van der Waals surface area (Å²) in [5.41, 5.74) is -0.293. The number of nitrogens with two attached hydrogens (primary N) is 1. The largest absolute Gasteiger partial charge is 0.318 e. The quantitative estimate of drug-likeness (QED) is 0.728. The molecule has 2 heterocycles. The van der Waals surface area contributed by atoms with Crippen LogP contribution in [0, 0.1) is 5.82 Å². The summed E-state index contributed by atoms with van der Waals surface area (Å²) < 4.78 is 40.1. The molecular formula is C16H16FN5O3S. The molecule has 0 aliphatic heterocycles. The molecule has 0 saturated heterocycles. The van der Waals surface area contributed by atoms with E-state index in [0.717, 1.165) is 22.9 Å². The van der Waals surface area contributed by atoms with Gasteiger partial charge in [0.15, 0.2) is 11.6 Å². The maximum Gasteiger partial charge on any atom is 0.261 e. The van der Waals surface area contributed by atoms with Gasteiger partial charge in [-0.3, -0.25) is 4.79 Å². The van der Waals surface area contributed by atoms with Crippen LogP contribution in [-0.2, 0) is 23.5 Å². The number of hydrogen-bond donors (Lipinski definition) is 1. The first-order chi connectivity index (χ1) is 12.2. The molecule has 0 fully saturated rings. The zero-order valence-corrected chi connectivity index (χ0v) is 14.9. The monoisotopic (exact) mass is 377 g/mol. The normalized spacial score (nSPS) is 11.7. The fourth-order valence-corrected chi connectivity index (χ4v) is 2.98. The molecule has 3 rings (SSSR count). The average molecular weight is 377 g/mol. The van der Waals surface area contributed by atoms with Gasteiger partial charge in [0.25, 0.3) is 5.56 Å². The summed E-state index contributed by atoms with van der Waals surface area (Å²) in [4.78, 5) is 16.5. The number of aryl methyl sites for hydroxylation is 2. The molecule has 3 aromatic rings. The fourth-order valence-electron chi connectivity index (χ4n) is 2.45. The lowest BCUT2D eigenvalue weighted by Gasteiger charge is -2.09. The standard InChI is InChI=1S/C16H16FN5O3S/c1-3-14-19-15(11-5-4-8-21(2)16(11)23)22(20-14)13-9-10(26(18,24)25)6-7-12(13)17/h4-9H,3H2,1-2H3,(H2,18,24,25). The number of rotatable bonds is 4. The van der Waals surface area contributed by atoms with Crippen molar-refractivity contribution >= 4 is 10.0 Å². The molecule has 0 bridgehead atoms. The Hall–Kier alpha value is -2.85. The van der Waals surface area contributed by atoms with Crippen LogP contribution in [0.1, 0.15) is 12.7 Å². The van der Waals surface area contributed by atoms with Crippen molar-refractivity contribution in [2.75, 3.05) is 0 Å². The van der Waals surface area contributed by atoms with Gasteiger partial charge in [-0.05, 0) is 30.3 Å². The van der Waals surface area contributed by atoms with Gasteiger partial charge in [-0.15, -0.1) is 0 Å². The van der Waals surface area contributed by atoms with E-state index >= 15 is 0 Å². The first kappa shape index (κ1) is 18.0. The molecule has 0 aliphatic rings. The third kappa shape index (κ3) is 3.16. The van der Waals surface area contributed by atoms with Crippen LogP contribution in [0.15, 0.2) is 46.2 Å². The van der Waals surface area contributed by atoms with Crippen molar-refractivity contribution < 1.29 is 12.8 Å². The number of hydrogen-bond acceptors (Lipinski definition) is 5. The van der Waals surface area contributed by atoms with Gasteiger partial charge in [0.1, 0.15) is 11.5 Å². The molecule has 10 heteroatoms. The van der Waals surface area contributed by atoms with Gasteiger partial charge in [0.2, 0.25) is 10.0 Å². The minimum atomic E-state index is -4.04. The Kier molecular flexibility index (Phi) is 4.46. The van der Waals surface area contributed by atoms with Crippen molar-refractivity contribution in [3.8, 4) is 17.1 Å². The predicted molar refractivity (Wildman–Crippen MR) is 92.7 cm³/mol. The highest BCUT2D eigenvalue weighted by molar-refractivity contribution is 7.89. The van der Waals surface area contributed by atoms with E-state index < -0.39 is 15.8 Å². The third-order valence-corrected chi connectivity index (χ3v) is 4.72. The number of sulfonamides is 1. The molecule has 2 N–H and O–H groups in total. The topological polar surface area (TPSA) is 113 Å². The number of benzene rings is 1. The molecule has 0 unspecified atom stereocenters. The van der Waals surface area contributed by atoms with Gasteiger partial charge in [-0.2, -0.15) is 5.10 Å². The van der Waals surface area contributed by atoms with Crippen LogP contribution in [0.25, 0.3) is 17.1 Å². The van der Waals surface area contributed by atoms with E-state index in [0.29, 0.717) is 12.2 Å². The van der Waals surface area contributed by atoms with Crippen LogP contribution in [0.5, 0.6) is 0 Å². The number of primary sulfonamides is 1. The Morgan fingerprint density at radius 1 is 1.27 bits per heavy atom. The number of aromatic nitrogens is 4. The van der Waals surface area contributed by atoms with Crippen molar-refractivity contribution in [1.29, 1.82) is 0 Å². The molecule has 0 radical (unpaired) electrons. The number of halogens is 1. The van der Waals surface area contributed by atoms with Crippen molar-refractivity contribution in [2.24, 2.45) is 12.2 Å². The molecule has 0 spiro atoms. The van der Waals surface area contributed by atoms with Crippen LogP contribution >= 0.6 is 0 Å². The smallest absolute Gasteiger partial charge is 0.261 e. The molecular weight excluding hydrogens is 361 g/mol. The van der Waals surface area contributed by atoms with Crippen LogP contribution in [-0.4, -0.2) is 27.7 Å². The zero-order chi connectivity index (χ0) is 19.1. The van der Waals surface area contributed by atoms with Gasteiger partial charge < -0.3 is 4.57 Å². The van der Waals surface area contributed by atoms with Crippen LogP contribution < -0.4 is 10.7 Å². The van der Waals surface area contributed by atoms with E-state index in [2.05, 4.69) is 10.1 Å². The summed E-state index contributed by atoms with van der Waals surface area (Å²) >= 11 is 0. The van der Waals surface area contributed by atoms with Gasteiger partial charge in [0, 0.05) is 19.7 Å². The van der Waals surface area contributed by atoms with E-state index in [1.807, 2.05) is 6.92 Å². The second-order valence-electron chi connectivity index (χ2n) is 5.61. The maximum absolute atomic E-state index is 14.4. The van der Waals surface area contributed by atoms with Crippen LogP contribution in [0.4, 0.5) is 4.39 Å². The predicted octanol–water partition coefficient (Wildman–Crippen LogP) is 0.982. The van der Waals surface area contributed by atoms with E-state index in [4.69, 9.17) is 5.14 Å². The highest BCUT2D eigenvalue weighted by Gasteiger charge is 2.20. The van der Waals surface area contributed by atoms with Gasteiger partial charge >= 0.3 is 0 Å². The highest BCUT2D eigenvalue weighted by atomic mass is 32.2. The lowest BCUT2D eigenvalue weighted by molar-refractivity contribution is 0.594. The summed E-state index contributed by atoms with van der Waals surface area (Å²) in [6, 6.07) is 6.31. The minimum absolute atomic E-state index is 0.119. The Morgan fingerprint density at radius 3 is 2.65 bits per heavy atom. The third-order valence-electron chi connectivity index (χ3n) is 3.81. The van der Waals surface area contributed by atoms with Gasteiger partial charge in [-0.1, -0.05) is 6.92 Å². The molecule has 2 aromatic heterocycles. The molecule has 1 aromatic carbocycles. The van der Waals surface area contributed by atoms with Gasteiger partial charge in [-0.25, -0.2) is 27.6 Å². The SMILES string of the molecule is CCc1nc(-c2cccn(C)c2=O)n(-c2cc(S(N)(=O)=O)ccc2F)n1. The summed E-state index contributed by atoms with van der Waals surface area (Å²) in [6.07, 6.45) is 2.03. The van der Waals surface area contributed by atoms with Crippen molar-refractivity contribution in [3.63, 3.8) is 0 Å². The second-order valence-corrected chi connectivity index (χ2v) is 7.17. The molecule has 0 saturated carbocycles. The zero-order valence-electron chi connectivity index (χ0n) is 14.0. The van der Waals surface area contributed by atoms with Crippen LogP contribution in [0.2, 0.25) is 0 Å². The van der Waals surface area contributed by atoms with E-state index in [1.165, 1.54) is 4.57 Å². The van der Waals surface area contributed by atoms with Crippen LogP contribution in [0.3, 0.4) is 0 Å². The van der Waals surface area contributed by atoms with E-state index in [9.17, 15) is 17.6 Å². The molecule has 26 heavy (non-hydrogen) atoms. The Labute approximate surface area is 148 Å². The Bertz CT molecular complexity index is 1150. The summed E-state index contributed by atoms with van der Waals surface area (Å²) in [5, 5.41) is 9.34. The summed E-state index contributed by atoms with van der Waals surface area (Å²) in [6.45, 7) is 1.81. The number of nitrogens with zero attached hydrogens (tertiary/aromatic N) is 4. The Balaban J connectivity index is 2.32. The van der Waals surface area contributed by atoms with E-state index in [1.54, 1.807) is 25.4 Å². The molecule has 8 nitrogen and oxygen atoms in total. The maximum atomic E-state index is 14.4. The van der Waals surface area contributed by atoms with Gasteiger partial charge in [0.05, 0.1) is 10.5 Å². The summed E-state index contributed by atoms with van der Waals surface area (Å²) in [7, 11) is -2.46. The number of pyridine rings is 1. The minimum Gasteiger partial charge on any atom is -0.318 e. The first-order valence-corrected chi connectivity index (χ1v) is 9.21. The lowest BCUT2D eigenvalue weighted by atomic mass is 10.2. The van der Waals surface area contributed by atoms with Crippen molar-refractivity contribution in [3.05, 3.63) is 58.5 Å². The lowest BCUT2D eigenvalue weighted by Crippen LogP contribution is -2.19. The average Bonchev–Trinajstić information content (AvgIpc) is 3.00. The summed E-state index contributed by atoms with van der Waals surface area (Å²) in [5.74, 6) is -0.223. The van der Waals surface area contributed by atoms with Crippen molar-refractivity contribution in [2.45, 2.75) is 18.2 Å². The van der Waals surface area contributed by atoms with Crippen molar-refractivity contribution in [1.82, 2.24) is 19.3 Å². The first-order valence-electron chi connectivity index (χ1n) is 7.67. The molecule has 0 atom stereocenters. The second kappa shape index (κ2) is 6.46. The molecule has 0 amide bonds. The Morgan fingerprint density at radius 2 is 2.00 bits per heavy atom. The van der Waals surface area contributed by atoms with E-state index in [-0.39, 0.29) is 27.5 Å². The highest BCUT2D eigenvalue weighted by Crippen LogP contribution is 2.23.